The summed E-state index contributed by atoms with van der Waals surface area (Å²) in [5.74, 6) is 0.574. The summed E-state index contributed by atoms with van der Waals surface area (Å²) in [5, 5.41) is 18.9. The second kappa shape index (κ2) is 8.53. The Bertz CT molecular complexity index is 995. The van der Waals surface area contributed by atoms with E-state index in [-0.39, 0.29) is 0 Å². The van der Waals surface area contributed by atoms with Gasteiger partial charge in [-0.1, -0.05) is 31.2 Å². The SMILES string of the molecule is CCCOCCn1cc(-c2ccc(-c3nn[nH]n3)cc2)c(-c2ccncc2)n1. The van der Waals surface area contributed by atoms with Gasteiger partial charge in [-0.15, -0.1) is 10.2 Å². The molecule has 0 amide bonds. The summed E-state index contributed by atoms with van der Waals surface area (Å²) in [6, 6.07) is 12.0. The standard InChI is InChI=1S/C20H21N7O/c1-2-12-28-13-11-27-14-18(19(24-27)16-7-9-21-10-8-16)15-3-5-17(6-4-15)20-22-25-26-23-20/h3-10,14H,2,11-13H2,1H3,(H,22,23,25,26). The largest absolute Gasteiger partial charge is 0.380 e. The highest BCUT2D eigenvalue weighted by Crippen LogP contribution is 2.31. The summed E-state index contributed by atoms with van der Waals surface area (Å²) < 4.78 is 7.55. The third kappa shape index (κ3) is 3.96. The zero-order chi connectivity index (χ0) is 19.2. The van der Waals surface area contributed by atoms with Gasteiger partial charge in [-0.3, -0.25) is 9.67 Å². The molecule has 0 fully saturated rings. The average molecular weight is 375 g/mol. The van der Waals surface area contributed by atoms with Crippen LogP contribution in [-0.4, -0.2) is 48.6 Å². The molecule has 1 aromatic carbocycles. The molecule has 0 radical (unpaired) electrons. The highest BCUT2D eigenvalue weighted by molar-refractivity contribution is 5.81. The van der Waals surface area contributed by atoms with Gasteiger partial charge in [-0.05, 0) is 29.3 Å². The van der Waals surface area contributed by atoms with Crippen LogP contribution in [-0.2, 0) is 11.3 Å². The third-order valence-electron chi connectivity index (χ3n) is 4.33. The maximum absolute atomic E-state index is 5.61. The molecule has 0 aliphatic heterocycles. The second-order valence-corrected chi connectivity index (χ2v) is 6.32. The van der Waals surface area contributed by atoms with Crippen molar-refractivity contribution in [3.63, 3.8) is 0 Å². The van der Waals surface area contributed by atoms with Gasteiger partial charge in [0.1, 0.15) is 5.69 Å². The Hall–Kier alpha value is -3.39. The first-order valence-corrected chi connectivity index (χ1v) is 9.25. The van der Waals surface area contributed by atoms with Gasteiger partial charge < -0.3 is 4.74 Å². The molecule has 142 valence electrons. The summed E-state index contributed by atoms with van der Waals surface area (Å²) in [4.78, 5) is 4.11. The quantitative estimate of drug-likeness (QED) is 0.475. The molecule has 0 spiro atoms. The van der Waals surface area contributed by atoms with Crippen LogP contribution in [0.15, 0.2) is 55.0 Å². The van der Waals surface area contributed by atoms with Crippen LogP contribution in [0.1, 0.15) is 13.3 Å². The third-order valence-corrected chi connectivity index (χ3v) is 4.33. The maximum atomic E-state index is 5.61. The van der Waals surface area contributed by atoms with E-state index in [2.05, 4.69) is 38.7 Å². The Morgan fingerprint density at radius 1 is 0.964 bits per heavy atom. The molecule has 8 nitrogen and oxygen atoms in total. The zero-order valence-electron chi connectivity index (χ0n) is 15.6. The normalized spacial score (nSPS) is 11.0. The number of aromatic amines is 1. The lowest BCUT2D eigenvalue weighted by Gasteiger charge is -2.03. The fourth-order valence-corrected chi connectivity index (χ4v) is 2.96. The highest BCUT2D eigenvalue weighted by Gasteiger charge is 2.14. The molecule has 0 unspecified atom stereocenters. The number of tetrazole rings is 1. The minimum atomic E-state index is 0.574. The number of pyridine rings is 1. The lowest BCUT2D eigenvalue weighted by atomic mass is 10.0. The molecule has 4 rings (SSSR count). The Morgan fingerprint density at radius 2 is 1.75 bits per heavy atom. The van der Waals surface area contributed by atoms with Crippen LogP contribution in [0.25, 0.3) is 33.8 Å². The maximum Gasteiger partial charge on any atom is 0.204 e. The van der Waals surface area contributed by atoms with Gasteiger partial charge in [0, 0.05) is 41.9 Å². The number of hydrogen-bond donors (Lipinski definition) is 1. The van der Waals surface area contributed by atoms with Crippen LogP contribution in [0.5, 0.6) is 0 Å². The number of nitrogens with zero attached hydrogens (tertiary/aromatic N) is 6. The Balaban J connectivity index is 1.65. The number of rotatable bonds is 8. The van der Waals surface area contributed by atoms with Crippen molar-refractivity contribution in [1.29, 1.82) is 0 Å². The lowest BCUT2D eigenvalue weighted by Crippen LogP contribution is -2.07. The van der Waals surface area contributed by atoms with Crippen molar-refractivity contribution in [3.05, 3.63) is 55.0 Å². The van der Waals surface area contributed by atoms with Gasteiger partial charge in [-0.25, -0.2) is 0 Å². The van der Waals surface area contributed by atoms with Crippen LogP contribution >= 0.6 is 0 Å². The van der Waals surface area contributed by atoms with E-state index in [9.17, 15) is 0 Å². The summed E-state index contributed by atoms with van der Waals surface area (Å²) in [6.07, 6.45) is 6.64. The molecule has 28 heavy (non-hydrogen) atoms. The van der Waals surface area contributed by atoms with E-state index in [0.717, 1.165) is 41.0 Å². The Kier molecular flexibility index (Phi) is 5.48. The van der Waals surface area contributed by atoms with E-state index in [1.807, 2.05) is 41.1 Å². The molecule has 0 saturated heterocycles. The number of ether oxygens (including phenoxy) is 1. The fourth-order valence-electron chi connectivity index (χ4n) is 2.96. The van der Waals surface area contributed by atoms with Gasteiger partial charge in [-0.2, -0.15) is 10.3 Å². The minimum Gasteiger partial charge on any atom is -0.380 e. The Labute approximate surface area is 162 Å². The number of benzene rings is 1. The van der Waals surface area contributed by atoms with Crippen molar-refractivity contribution < 1.29 is 4.74 Å². The first kappa shape index (κ1) is 18.0. The highest BCUT2D eigenvalue weighted by atomic mass is 16.5. The smallest absolute Gasteiger partial charge is 0.204 e. The molecule has 4 aromatic rings. The molecule has 0 atom stereocenters. The molecule has 0 aliphatic rings. The van der Waals surface area contributed by atoms with Gasteiger partial charge in [0.25, 0.3) is 0 Å². The van der Waals surface area contributed by atoms with Crippen molar-refractivity contribution >= 4 is 0 Å². The molecule has 0 saturated carbocycles. The predicted octanol–water partition coefficient (Wildman–Crippen LogP) is 3.22. The monoisotopic (exact) mass is 375 g/mol. The van der Waals surface area contributed by atoms with E-state index in [1.165, 1.54) is 0 Å². The van der Waals surface area contributed by atoms with Gasteiger partial charge in [0.05, 0.1) is 13.2 Å². The van der Waals surface area contributed by atoms with Crippen molar-refractivity contribution in [2.75, 3.05) is 13.2 Å². The second-order valence-electron chi connectivity index (χ2n) is 6.32. The van der Waals surface area contributed by atoms with E-state index in [4.69, 9.17) is 9.84 Å². The average Bonchev–Trinajstić information content (AvgIpc) is 3.42. The summed E-state index contributed by atoms with van der Waals surface area (Å²) in [7, 11) is 0. The molecule has 3 heterocycles. The number of H-pyrrole nitrogens is 1. The minimum absolute atomic E-state index is 0.574. The van der Waals surface area contributed by atoms with Crippen molar-refractivity contribution in [2.45, 2.75) is 19.9 Å². The molecular weight excluding hydrogens is 354 g/mol. The van der Waals surface area contributed by atoms with Crippen LogP contribution in [0.4, 0.5) is 0 Å². The summed E-state index contributed by atoms with van der Waals surface area (Å²) in [5.41, 5.74) is 4.98. The van der Waals surface area contributed by atoms with Gasteiger partial charge in [0.2, 0.25) is 5.82 Å². The van der Waals surface area contributed by atoms with E-state index in [1.54, 1.807) is 12.4 Å². The number of nitrogens with one attached hydrogen (secondary N) is 1. The first-order valence-electron chi connectivity index (χ1n) is 9.25. The van der Waals surface area contributed by atoms with Gasteiger partial charge >= 0.3 is 0 Å². The summed E-state index contributed by atoms with van der Waals surface area (Å²) >= 11 is 0. The van der Waals surface area contributed by atoms with Crippen LogP contribution in [0, 0.1) is 0 Å². The summed E-state index contributed by atoms with van der Waals surface area (Å²) in [6.45, 7) is 4.22. The predicted molar refractivity (Wildman–Crippen MR) is 105 cm³/mol. The van der Waals surface area contributed by atoms with Gasteiger partial charge in [0.15, 0.2) is 0 Å². The van der Waals surface area contributed by atoms with E-state index < -0.39 is 0 Å². The van der Waals surface area contributed by atoms with E-state index >= 15 is 0 Å². The van der Waals surface area contributed by atoms with Crippen LogP contribution in [0.2, 0.25) is 0 Å². The Morgan fingerprint density at radius 3 is 2.46 bits per heavy atom. The fraction of sp³-hybridized carbons (Fsp3) is 0.250. The van der Waals surface area contributed by atoms with Crippen LogP contribution < -0.4 is 0 Å². The molecule has 1 N–H and O–H groups in total. The lowest BCUT2D eigenvalue weighted by molar-refractivity contribution is 0.124. The topological polar surface area (TPSA) is 94.4 Å². The number of hydrogen-bond acceptors (Lipinski definition) is 6. The molecule has 8 heteroatoms. The van der Waals surface area contributed by atoms with Crippen molar-refractivity contribution in [3.8, 4) is 33.8 Å². The molecule has 3 aromatic heterocycles. The number of aromatic nitrogens is 7. The molecule has 0 bridgehead atoms. The molecular formula is C20H21N7O. The van der Waals surface area contributed by atoms with Crippen LogP contribution in [0.3, 0.4) is 0 Å². The van der Waals surface area contributed by atoms with Crippen molar-refractivity contribution in [1.82, 2.24) is 35.4 Å². The first-order chi connectivity index (χ1) is 13.8. The van der Waals surface area contributed by atoms with E-state index in [0.29, 0.717) is 19.0 Å². The van der Waals surface area contributed by atoms with Crippen molar-refractivity contribution in [2.24, 2.45) is 0 Å². The zero-order valence-corrected chi connectivity index (χ0v) is 15.6. The molecule has 0 aliphatic carbocycles.